The molecule has 0 radical (unpaired) electrons. The van der Waals surface area contributed by atoms with E-state index < -0.39 is 0 Å². The van der Waals surface area contributed by atoms with Crippen LogP contribution in [0, 0.1) is 5.92 Å². The molecule has 1 aliphatic carbocycles. The maximum atomic E-state index is 11.4. The van der Waals surface area contributed by atoms with Crippen molar-refractivity contribution in [2.75, 3.05) is 0 Å². The summed E-state index contributed by atoms with van der Waals surface area (Å²) in [6.07, 6.45) is 2.94. The summed E-state index contributed by atoms with van der Waals surface area (Å²) in [6.45, 7) is 2.12. The summed E-state index contributed by atoms with van der Waals surface area (Å²) in [5.74, 6) is 0.771. The SMILES string of the molecule is CC1CCCC(=O)/C1=C(\Br)I. The fourth-order valence-electron chi connectivity index (χ4n) is 1.41. The molecule has 3 heteroatoms. The maximum absolute atomic E-state index is 11.4. The van der Waals surface area contributed by atoms with E-state index in [0.29, 0.717) is 11.7 Å². The van der Waals surface area contributed by atoms with E-state index in [1.165, 1.54) is 0 Å². The number of rotatable bonds is 0. The zero-order valence-electron chi connectivity index (χ0n) is 6.36. The first-order valence-electron chi connectivity index (χ1n) is 3.71. The van der Waals surface area contributed by atoms with Crippen LogP contribution in [0.2, 0.25) is 0 Å². The van der Waals surface area contributed by atoms with Gasteiger partial charge in [0.05, 0.1) is 2.49 Å². The van der Waals surface area contributed by atoms with Crippen LogP contribution in [0.15, 0.2) is 8.06 Å². The Labute approximate surface area is 88.9 Å². The zero-order chi connectivity index (χ0) is 8.43. The summed E-state index contributed by atoms with van der Waals surface area (Å²) in [7, 11) is 0. The molecule has 0 amide bonds. The molecule has 0 N–H and O–H groups in total. The Morgan fingerprint density at radius 2 is 2.36 bits per heavy atom. The van der Waals surface area contributed by atoms with Gasteiger partial charge in [-0.05, 0) is 57.3 Å². The summed E-state index contributed by atoms with van der Waals surface area (Å²) < 4.78 is 0.993. The fourth-order valence-corrected chi connectivity index (χ4v) is 2.86. The minimum absolute atomic E-state index is 0.324. The number of halogens is 2. The molecule has 1 saturated carbocycles. The number of carbonyl (C=O) groups is 1. The largest absolute Gasteiger partial charge is 0.294 e. The van der Waals surface area contributed by atoms with Crippen molar-refractivity contribution in [3.63, 3.8) is 0 Å². The molecule has 1 rings (SSSR count). The Morgan fingerprint density at radius 3 is 2.73 bits per heavy atom. The molecule has 1 aliphatic rings. The van der Waals surface area contributed by atoms with E-state index in [1.54, 1.807) is 0 Å². The minimum atomic E-state index is 0.324. The predicted octanol–water partition coefficient (Wildman–Crippen LogP) is 3.42. The highest BCUT2D eigenvalue weighted by Crippen LogP contribution is 2.33. The highest BCUT2D eigenvalue weighted by Gasteiger charge is 2.23. The average molecular weight is 329 g/mol. The first-order valence-corrected chi connectivity index (χ1v) is 5.58. The molecule has 0 aromatic rings. The molecule has 1 fully saturated rings. The van der Waals surface area contributed by atoms with E-state index in [0.717, 1.165) is 27.3 Å². The van der Waals surface area contributed by atoms with Gasteiger partial charge in [0.15, 0.2) is 5.78 Å². The Morgan fingerprint density at radius 1 is 1.73 bits per heavy atom. The molecule has 1 nitrogen and oxygen atoms in total. The molecule has 0 bridgehead atoms. The molecule has 0 heterocycles. The summed E-state index contributed by atoms with van der Waals surface area (Å²) in [5.41, 5.74) is 0.997. The molecule has 62 valence electrons. The van der Waals surface area contributed by atoms with Crippen molar-refractivity contribution in [1.29, 1.82) is 0 Å². The van der Waals surface area contributed by atoms with Gasteiger partial charge in [-0.3, -0.25) is 4.79 Å². The van der Waals surface area contributed by atoms with Gasteiger partial charge in [-0.15, -0.1) is 0 Å². The number of allylic oxidation sites excluding steroid dienone is 1. The highest BCUT2D eigenvalue weighted by atomic mass is 127. The van der Waals surface area contributed by atoms with Gasteiger partial charge < -0.3 is 0 Å². The van der Waals surface area contributed by atoms with Crippen LogP contribution in [0.3, 0.4) is 0 Å². The van der Waals surface area contributed by atoms with Crippen LogP contribution in [0.5, 0.6) is 0 Å². The first kappa shape index (κ1) is 9.71. The predicted molar refractivity (Wildman–Crippen MR) is 58.0 cm³/mol. The molecular formula is C8H10BrIO. The minimum Gasteiger partial charge on any atom is -0.294 e. The summed E-state index contributed by atoms with van der Waals surface area (Å²) in [5, 5.41) is 0. The van der Waals surface area contributed by atoms with Gasteiger partial charge >= 0.3 is 0 Å². The van der Waals surface area contributed by atoms with Crippen LogP contribution in [0.25, 0.3) is 0 Å². The Balaban J connectivity index is 2.88. The Kier molecular flexibility index (Phi) is 3.55. The van der Waals surface area contributed by atoms with Crippen molar-refractivity contribution >= 4 is 44.3 Å². The number of carbonyl (C=O) groups excluding carboxylic acids is 1. The molecule has 0 aromatic carbocycles. The van der Waals surface area contributed by atoms with Gasteiger partial charge in [0.25, 0.3) is 0 Å². The van der Waals surface area contributed by atoms with Crippen molar-refractivity contribution < 1.29 is 4.79 Å². The Bertz CT molecular complexity index is 206. The van der Waals surface area contributed by atoms with Crippen LogP contribution in [-0.2, 0) is 4.79 Å². The van der Waals surface area contributed by atoms with Crippen molar-refractivity contribution in [3.05, 3.63) is 8.06 Å². The topological polar surface area (TPSA) is 17.1 Å². The third-order valence-electron chi connectivity index (χ3n) is 2.04. The van der Waals surface area contributed by atoms with Gasteiger partial charge in [-0.1, -0.05) is 6.92 Å². The van der Waals surface area contributed by atoms with Crippen LogP contribution in [-0.4, -0.2) is 5.78 Å². The zero-order valence-corrected chi connectivity index (χ0v) is 10.1. The normalized spacial score (nSPS) is 30.5. The molecule has 0 aliphatic heterocycles. The van der Waals surface area contributed by atoms with Crippen molar-refractivity contribution in [1.82, 2.24) is 0 Å². The van der Waals surface area contributed by atoms with Crippen molar-refractivity contribution in [2.24, 2.45) is 5.92 Å². The van der Waals surface area contributed by atoms with Gasteiger partial charge in [0.2, 0.25) is 0 Å². The summed E-state index contributed by atoms with van der Waals surface area (Å²) in [6, 6.07) is 0. The van der Waals surface area contributed by atoms with Crippen LogP contribution < -0.4 is 0 Å². The molecule has 0 saturated heterocycles. The van der Waals surface area contributed by atoms with Gasteiger partial charge in [0, 0.05) is 12.0 Å². The second-order valence-electron chi connectivity index (χ2n) is 2.89. The van der Waals surface area contributed by atoms with Gasteiger partial charge in [-0.25, -0.2) is 0 Å². The van der Waals surface area contributed by atoms with Crippen LogP contribution >= 0.6 is 38.5 Å². The smallest absolute Gasteiger partial charge is 0.160 e. The number of hydrogen-bond acceptors (Lipinski definition) is 1. The van der Waals surface area contributed by atoms with Crippen LogP contribution in [0.1, 0.15) is 26.2 Å². The third-order valence-corrected chi connectivity index (χ3v) is 3.05. The Hall–Kier alpha value is 0.620. The van der Waals surface area contributed by atoms with Gasteiger partial charge in [0.1, 0.15) is 0 Å². The molecule has 11 heavy (non-hydrogen) atoms. The summed E-state index contributed by atoms with van der Waals surface area (Å²) >= 11 is 5.53. The lowest BCUT2D eigenvalue weighted by Crippen LogP contribution is -2.16. The number of Topliss-reactive ketones (excluding diaryl/α,β-unsaturated/α-hetero) is 1. The number of ketones is 1. The van der Waals surface area contributed by atoms with Crippen LogP contribution in [0.4, 0.5) is 0 Å². The average Bonchev–Trinajstić information content (AvgIpc) is 1.85. The maximum Gasteiger partial charge on any atom is 0.160 e. The molecule has 0 aromatic heterocycles. The second kappa shape index (κ2) is 4.03. The lowest BCUT2D eigenvalue weighted by Gasteiger charge is -2.20. The quantitative estimate of drug-likeness (QED) is 0.492. The lowest BCUT2D eigenvalue weighted by atomic mass is 9.86. The van der Waals surface area contributed by atoms with Gasteiger partial charge in [-0.2, -0.15) is 0 Å². The van der Waals surface area contributed by atoms with E-state index >= 15 is 0 Å². The number of hydrogen-bond donors (Lipinski definition) is 0. The highest BCUT2D eigenvalue weighted by molar-refractivity contribution is 14.1. The van der Waals surface area contributed by atoms with E-state index in [1.807, 2.05) is 0 Å². The standard InChI is InChI=1S/C8H10BrIO/c1-5-3-2-4-6(11)7(5)8(9)10/h5H,2-4H2,1H3/b8-7+. The molecule has 1 unspecified atom stereocenters. The molecule has 0 spiro atoms. The van der Waals surface area contributed by atoms with E-state index in [4.69, 9.17) is 0 Å². The lowest BCUT2D eigenvalue weighted by molar-refractivity contribution is -0.117. The monoisotopic (exact) mass is 328 g/mol. The van der Waals surface area contributed by atoms with E-state index in [-0.39, 0.29) is 0 Å². The van der Waals surface area contributed by atoms with E-state index in [9.17, 15) is 4.79 Å². The van der Waals surface area contributed by atoms with Crippen molar-refractivity contribution in [3.8, 4) is 0 Å². The molecular weight excluding hydrogens is 319 g/mol. The third kappa shape index (κ3) is 2.28. The molecule has 1 atom stereocenters. The van der Waals surface area contributed by atoms with E-state index in [2.05, 4.69) is 45.4 Å². The fraction of sp³-hybridized carbons (Fsp3) is 0.625. The second-order valence-corrected chi connectivity index (χ2v) is 6.24. The van der Waals surface area contributed by atoms with Crippen molar-refractivity contribution in [2.45, 2.75) is 26.2 Å². The summed E-state index contributed by atoms with van der Waals surface area (Å²) in [4.78, 5) is 11.4. The first-order chi connectivity index (χ1) is 5.13.